The maximum absolute atomic E-state index is 12.5. The van der Waals surface area contributed by atoms with E-state index in [-0.39, 0.29) is 17.4 Å². The van der Waals surface area contributed by atoms with Gasteiger partial charge < -0.3 is 14.9 Å². The van der Waals surface area contributed by atoms with Crippen molar-refractivity contribution in [3.8, 4) is 0 Å². The lowest BCUT2D eigenvalue weighted by atomic mass is 9.80. The van der Waals surface area contributed by atoms with Crippen LogP contribution >= 0.6 is 0 Å². The highest BCUT2D eigenvalue weighted by atomic mass is 16.3. The van der Waals surface area contributed by atoms with Gasteiger partial charge in [-0.15, -0.1) is 0 Å². The van der Waals surface area contributed by atoms with Gasteiger partial charge >= 0.3 is 0 Å². The zero-order valence-corrected chi connectivity index (χ0v) is 11.9. The summed E-state index contributed by atoms with van der Waals surface area (Å²) in [6, 6.07) is 0. The van der Waals surface area contributed by atoms with Gasteiger partial charge in [0, 0.05) is 25.0 Å². The Balaban J connectivity index is 1.97. The fourth-order valence-electron chi connectivity index (χ4n) is 3.16. The van der Waals surface area contributed by atoms with Gasteiger partial charge in [-0.3, -0.25) is 4.79 Å². The monoisotopic (exact) mass is 254 g/mol. The van der Waals surface area contributed by atoms with Crippen molar-refractivity contribution in [2.24, 2.45) is 11.3 Å². The van der Waals surface area contributed by atoms with Gasteiger partial charge in [-0.25, -0.2) is 0 Å². The average Bonchev–Trinajstić information content (AvgIpc) is 2.31. The molecule has 0 radical (unpaired) electrons. The molecule has 2 fully saturated rings. The van der Waals surface area contributed by atoms with Crippen molar-refractivity contribution in [2.45, 2.75) is 39.2 Å². The Bertz CT molecular complexity index is 317. The van der Waals surface area contributed by atoms with E-state index >= 15 is 0 Å². The summed E-state index contributed by atoms with van der Waals surface area (Å²) in [5, 5.41) is 9.94. The van der Waals surface area contributed by atoms with E-state index < -0.39 is 0 Å². The molecule has 2 atom stereocenters. The first kappa shape index (κ1) is 13.8. The molecular formula is C14H26N2O2. The van der Waals surface area contributed by atoms with Crippen molar-refractivity contribution >= 4 is 5.91 Å². The predicted molar refractivity (Wildman–Crippen MR) is 71.2 cm³/mol. The minimum atomic E-state index is -0.282. The molecule has 2 rings (SSSR count). The lowest BCUT2D eigenvalue weighted by Gasteiger charge is -2.43. The Hall–Kier alpha value is -0.610. The van der Waals surface area contributed by atoms with Crippen LogP contribution in [0.2, 0.25) is 0 Å². The standard InChI is InChI=1S/C14H26N2O2/c1-14(2)10-16(8-6-12(14)17)13(18)11-5-4-7-15(3)9-11/h11-12,17H,4-10H2,1-3H3. The number of carbonyl (C=O) groups excluding carboxylic acids is 1. The molecule has 0 saturated carbocycles. The van der Waals surface area contributed by atoms with Gasteiger partial charge in [0.15, 0.2) is 0 Å². The highest BCUT2D eigenvalue weighted by Crippen LogP contribution is 2.30. The topological polar surface area (TPSA) is 43.8 Å². The maximum Gasteiger partial charge on any atom is 0.226 e. The number of hydrogen-bond donors (Lipinski definition) is 1. The summed E-state index contributed by atoms with van der Waals surface area (Å²) in [4.78, 5) is 16.7. The first-order valence-electron chi connectivity index (χ1n) is 7.05. The molecule has 4 heteroatoms. The summed E-state index contributed by atoms with van der Waals surface area (Å²) < 4.78 is 0. The fourth-order valence-corrected chi connectivity index (χ4v) is 3.16. The largest absolute Gasteiger partial charge is 0.392 e. The Morgan fingerprint density at radius 1 is 1.28 bits per heavy atom. The number of aliphatic hydroxyl groups is 1. The van der Waals surface area contributed by atoms with Crippen LogP contribution < -0.4 is 0 Å². The molecule has 1 N–H and O–H groups in total. The van der Waals surface area contributed by atoms with Gasteiger partial charge in [-0.1, -0.05) is 13.8 Å². The first-order valence-corrected chi connectivity index (χ1v) is 7.05. The van der Waals surface area contributed by atoms with Crippen LogP contribution in [0.15, 0.2) is 0 Å². The summed E-state index contributed by atoms with van der Waals surface area (Å²) in [6.45, 7) is 7.48. The smallest absolute Gasteiger partial charge is 0.226 e. The van der Waals surface area contributed by atoms with E-state index in [2.05, 4.69) is 11.9 Å². The number of aliphatic hydroxyl groups excluding tert-OH is 1. The second kappa shape index (κ2) is 5.17. The summed E-state index contributed by atoms with van der Waals surface area (Å²) in [5.74, 6) is 0.455. The summed E-state index contributed by atoms with van der Waals surface area (Å²) in [6.07, 6.45) is 2.56. The van der Waals surface area contributed by atoms with Gasteiger partial charge in [0.25, 0.3) is 0 Å². The zero-order chi connectivity index (χ0) is 13.3. The Kier molecular flexibility index (Phi) is 3.97. The molecule has 2 unspecified atom stereocenters. The van der Waals surface area contributed by atoms with Crippen molar-refractivity contribution in [3.05, 3.63) is 0 Å². The minimum absolute atomic E-state index is 0.162. The molecule has 0 aliphatic carbocycles. The number of carbonyl (C=O) groups is 1. The van der Waals surface area contributed by atoms with E-state index in [0.717, 1.165) is 25.9 Å². The van der Waals surface area contributed by atoms with Gasteiger partial charge in [0.1, 0.15) is 0 Å². The highest BCUT2D eigenvalue weighted by molar-refractivity contribution is 5.79. The number of piperidine rings is 2. The lowest BCUT2D eigenvalue weighted by Crippen LogP contribution is -2.53. The molecule has 0 aromatic heterocycles. The van der Waals surface area contributed by atoms with Crippen molar-refractivity contribution < 1.29 is 9.90 Å². The van der Waals surface area contributed by atoms with Crippen molar-refractivity contribution in [3.63, 3.8) is 0 Å². The molecule has 0 aromatic carbocycles. The number of nitrogens with zero attached hydrogens (tertiary/aromatic N) is 2. The number of hydrogen-bond acceptors (Lipinski definition) is 3. The van der Waals surface area contributed by atoms with Crippen LogP contribution in [0.5, 0.6) is 0 Å². The third-order valence-electron chi connectivity index (χ3n) is 4.46. The Morgan fingerprint density at radius 3 is 2.61 bits per heavy atom. The third-order valence-corrected chi connectivity index (χ3v) is 4.46. The zero-order valence-electron chi connectivity index (χ0n) is 11.9. The fraction of sp³-hybridized carbons (Fsp3) is 0.929. The number of rotatable bonds is 1. The quantitative estimate of drug-likeness (QED) is 0.757. The Morgan fingerprint density at radius 2 is 2.00 bits per heavy atom. The SMILES string of the molecule is CN1CCCC(C(=O)N2CCC(O)C(C)(C)C2)C1. The van der Waals surface area contributed by atoms with Crippen LogP contribution in [-0.4, -0.2) is 60.1 Å². The highest BCUT2D eigenvalue weighted by Gasteiger charge is 2.38. The van der Waals surface area contributed by atoms with Crippen LogP contribution in [0.25, 0.3) is 0 Å². The second-order valence-electron chi connectivity index (χ2n) is 6.65. The van der Waals surface area contributed by atoms with E-state index in [1.165, 1.54) is 0 Å². The van der Waals surface area contributed by atoms with Crippen molar-refractivity contribution in [2.75, 3.05) is 33.2 Å². The molecule has 18 heavy (non-hydrogen) atoms. The number of likely N-dealkylation sites (tertiary alicyclic amines) is 2. The summed E-state index contributed by atoms with van der Waals surface area (Å²) >= 11 is 0. The molecule has 0 spiro atoms. The average molecular weight is 254 g/mol. The molecule has 4 nitrogen and oxygen atoms in total. The lowest BCUT2D eigenvalue weighted by molar-refractivity contribution is -0.143. The van der Waals surface area contributed by atoms with Crippen molar-refractivity contribution in [1.29, 1.82) is 0 Å². The van der Waals surface area contributed by atoms with Gasteiger partial charge in [0.05, 0.1) is 12.0 Å². The van der Waals surface area contributed by atoms with E-state index in [1.54, 1.807) is 0 Å². The van der Waals surface area contributed by atoms with Crippen LogP contribution in [-0.2, 0) is 4.79 Å². The van der Waals surface area contributed by atoms with Crippen molar-refractivity contribution in [1.82, 2.24) is 9.80 Å². The molecule has 2 aliphatic heterocycles. The predicted octanol–water partition coefficient (Wildman–Crippen LogP) is 0.948. The van der Waals surface area contributed by atoms with Crippen LogP contribution in [0.4, 0.5) is 0 Å². The molecule has 2 aliphatic rings. The molecule has 0 bridgehead atoms. The van der Waals surface area contributed by atoms with E-state index in [4.69, 9.17) is 0 Å². The first-order chi connectivity index (χ1) is 8.40. The van der Waals surface area contributed by atoms with E-state index in [1.807, 2.05) is 18.7 Å². The summed E-state index contributed by atoms with van der Waals surface area (Å²) in [5.41, 5.74) is -0.172. The second-order valence-corrected chi connectivity index (χ2v) is 6.65. The van der Waals surface area contributed by atoms with Gasteiger partial charge in [-0.2, -0.15) is 0 Å². The van der Waals surface area contributed by atoms with Gasteiger partial charge in [-0.05, 0) is 32.9 Å². The molecule has 1 amide bonds. The van der Waals surface area contributed by atoms with Crippen LogP contribution in [0.3, 0.4) is 0 Å². The van der Waals surface area contributed by atoms with Crippen LogP contribution in [0.1, 0.15) is 33.1 Å². The Labute approximate surface area is 110 Å². The maximum atomic E-state index is 12.5. The molecule has 2 heterocycles. The number of amides is 1. The molecule has 0 aromatic rings. The third kappa shape index (κ3) is 2.86. The molecule has 104 valence electrons. The minimum Gasteiger partial charge on any atom is -0.392 e. The van der Waals surface area contributed by atoms with E-state index in [0.29, 0.717) is 25.4 Å². The molecule has 2 saturated heterocycles. The normalized spacial score (nSPS) is 33.4. The van der Waals surface area contributed by atoms with Crippen LogP contribution in [0, 0.1) is 11.3 Å². The van der Waals surface area contributed by atoms with E-state index in [9.17, 15) is 9.90 Å². The molecular weight excluding hydrogens is 228 g/mol. The van der Waals surface area contributed by atoms with Gasteiger partial charge in [0.2, 0.25) is 5.91 Å². The summed E-state index contributed by atoms with van der Waals surface area (Å²) in [7, 11) is 2.09.